The number of hydrogen-bond acceptors (Lipinski definition) is 6. The maximum Gasteiger partial charge on any atom is 0.309 e. The van der Waals surface area contributed by atoms with Crippen LogP contribution in [0.15, 0.2) is 23.1 Å². The van der Waals surface area contributed by atoms with Crippen LogP contribution in [0.4, 0.5) is 5.69 Å². The minimum atomic E-state index is -0.729. The lowest BCUT2D eigenvalue weighted by Gasteiger charge is -2.09. The molecule has 0 saturated carbocycles. The van der Waals surface area contributed by atoms with Crippen molar-refractivity contribution in [2.24, 2.45) is 11.7 Å². The number of thioether (sulfide) groups is 1. The average Bonchev–Trinajstić information content (AvgIpc) is 2.43. The maximum absolute atomic E-state index is 11.3. The summed E-state index contributed by atoms with van der Waals surface area (Å²) in [6.45, 7) is 1.67. The zero-order valence-electron chi connectivity index (χ0n) is 11.0. The molecule has 0 aliphatic carbocycles. The first-order chi connectivity index (χ1) is 9.36. The number of hydrogen-bond donors (Lipinski definition) is 1. The summed E-state index contributed by atoms with van der Waals surface area (Å²) in [5, 5.41) is 11.0. The molecule has 7 nitrogen and oxygen atoms in total. The zero-order valence-corrected chi connectivity index (χ0v) is 11.8. The third kappa shape index (κ3) is 3.95. The Bertz CT molecular complexity index is 547. The lowest BCUT2D eigenvalue weighted by atomic mass is 10.2. The maximum atomic E-state index is 11.3. The van der Waals surface area contributed by atoms with Gasteiger partial charge in [-0.3, -0.25) is 19.7 Å². The molecule has 0 aliphatic rings. The van der Waals surface area contributed by atoms with E-state index >= 15 is 0 Å². The first-order valence-electron chi connectivity index (χ1n) is 5.65. The number of nitro benzene ring substituents is 1. The minimum absolute atomic E-state index is 0.0714. The van der Waals surface area contributed by atoms with E-state index in [0.29, 0.717) is 10.6 Å². The molecule has 1 aromatic carbocycles. The fourth-order valence-corrected chi connectivity index (χ4v) is 2.43. The van der Waals surface area contributed by atoms with Crippen LogP contribution in [0.1, 0.15) is 17.3 Å². The van der Waals surface area contributed by atoms with E-state index in [1.807, 2.05) is 0 Å². The highest BCUT2D eigenvalue weighted by molar-refractivity contribution is 7.99. The number of nitrogens with two attached hydrogens (primary N) is 1. The van der Waals surface area contributed by atoms with Gasteiger partial charge in [-0.05, 0) is 12.1 Å². The van der Waals surface area contributed by atoms with Crippen molar-refractivity contribution in [3.8, 4) is 0 Å². The molecule has 0 aliphatic heterocycles. The van der Waals surface area contributed by atoms with Gasteiger partial charge in [-0.15, -0.1) is 11.8 Å². The SMILES string of the molecule is COC(=O)C(C)CSc1ccc(C(N)=O)cc1[N+](=O)[O-]. The molecule has 0 fully saturated rings. The summed E-state index contributed by atoms with van der Waals surface area (Å²) in [6, 6.07) is 4.00. The van der Waals surface area contributed by atoms with Crippen LogP contribution in [0.3, 0.4) is 0 Å². The number of ether oxygens (including phenoxy) is 1. The van der Waals surface area contributed by atoms with Gasteiger partial charge in [0, 0.05) is 17.4 Å². The molecule has 1 amide bonds. The van der Waals surface area contributed by atoms with Gasteiger partial charge in [-0.2, -0.15) is 0 Å². The van der Waals surface area contributed by atoms with Gasteiger partial charge >= 0.3 is 5.97 Å². The van der Waals surface area contributed by atoms with Crippen LogP contribution in [-0.2, 0) is 9.53 Å². The number of nitrogens with zero attached hydrogens (tertiary/aromatic N) is 1. The van der Waals surface area contributed by atoms with Crippen LogP contribution in [0.25, 0.3) is 0 Å². The molecule has 0 bridgehead atoms. The van der Waals surface area contributed by atoms with E-state index < -0.39 is 10.8 Å². The number of amides is 1. The number of primary amides is 1. The Morgan fingerprint density at radius 1 is 1.50 bits per heavy atom. The average molecular weight is 298 g/mol. The summed E-state index contributed by atoms with van der Waals surface area (Å²) in [7, 11) is 1.29. The van der Waals surface area contributed by atoms with Crippen molar-refractivity contribution in [2.45, 2.75) is 11.8 Å². The van der Waals surface area contributed by atoms with Gasteiger partial charge in [0.15, 0.2) is 0 Å². The van der Waals surface area contributed by atoms with Crippen LogP contribution < -0.4 is 5.73 Å². The predicted octanol–water partition coefficient (Wildman–Crippen LogP) is 1.59. The molecule has 2 N–H and O–H groups in total. The minimum Gasteiger partial charge on any atom is -0.469 e. The second kappa shape index (κ2) is 6.90. The Hall–Kier alpha value is -2.09. The molecule has 0 radical (unpaired) electrons. The van der Waals surface area contributed by atoms with Crippen molar-refractivity contribution >= 4 is 29.3 Å². The standard InChI is InChI=1S/C12H14N2O5S/c1-7(12(16)19-2)6-20-10-4-3-8(11(13)15)5-9(10)14(17)18/h3-5,7H,6H2,1-2H3,(H2,13,15). The van der Waals surface area contributed by atoms with Crippen molar-refractivity contribution in [1.82, 2.24) is 0 Å². The summed E-state index contributed by atoms with van der Waals surface area (Å²) in [4.78, 5) is 33.0. The van der Waals surface area contributed by atoms with Crippen molar-refractivity contribution in [2.75, 3.05) is 12.9 Å². The van der Waals surface area contributed by atoms with E-state index in [4.69, 9.17) is 5.73 Å². The Balaban J connectivity index is 2.92. The highest BCUT2D eigenvalue weighted by Crippen LogP contribution is 2.31. The third-order valence-corrected chi connectivity index (χ3v) is 3.86. The number of nitro groups is 1. The number of esters is 1. The third-order valence-electron chi connectivity index (χ3n) is 2.53. The first kappa shape index (κ1) is 16.0. The number of rotatable bonds is 6. The highest BCUT2D eigenvalue weighted by atomic mass is 32.2. The van der Waals surface area contributed by atoms with Gasteiger partial charge in [0.2, 0.25) is 5.91 Å². The first-order valence-corrected chi connectivity index (χ1v) is 6.64. The Labute approximate surface area is 119 Å². The second-order valence-electron chi connectivity index (χ2n) is 4.04. The van der Waals surface area contributed by atoms with Crippen molar-refractivity contribution in [3.05, 3.63) is 33.9 Å². The van der Waals surface area contributed by atoms with Gasteiger partial charge in [0.25, 0.3) is 5.69 Å². The van der Waals surface area contributed by atoms with Gasteiger partial charge in [0.1, 0.15) is 0 Å². The van der Waals surface area contributed by atoms with Crippen LogP contribution in [0.5, 0.6) is 0 Å². The number of carbonyl (C=O) groups excluding carboxylic acids is 2. The molecule has 0 saturated heterocycles. The Kier molecular flexibility index (Phi) is 5.51. The lowest BCUT2D eigenvalue weighted by molar-refractivity contribution is -0.387. The molecule has 1 rings (SSSR count). The van der Waals surface area contributed by atoms with Gasteiger partial charge in [-0.1, -0.05) is 6.92 Å². The number of carbonyl (C=O) groups is 2. The smallest absolute Gasteiger partial charge is 0.309 e. The largest absolute Gasteiger partial charge is 0.469 e. The molecule has 0 heterocycles. The normalized spacial score (nSPS) is 11.7. The van der Waals surface area contributed by atoms with E-state index in [2.05, 4.69) is 4.74 Å². The van der Waals surface area contributed by atoms with Crippen LogP contribution >= 0.6 is 11.8 Å². The fourth-order valence-electron chi connectivity index (χ4n) is 1.42. The van der Waals surface area contributed by atoms with Gasteiger partial charge in [0.05, 0.1) is 22.8 Å². The van der Waals surface area contributed by atoms with E-state index in [1.165, 1.54) is 19.2 Å². The van der Waals surface area contributed by atoms with E-state index in [-0.39, 0.29) is 23.1 Å². The monoisotopic (exact) mass is 298 g/mol. The summed E-state index contributed by atoms with van der Waals surface area (Å²) in [5.41, 5.74) is 4.95. The molecule has 20 heavy (non-hydrogen) atoms. The quantitative estimate of drug-likeness (QED) is 0.369. The number of benzene rings is 1. The molecule has 1 unspecified atom stereocenters. The lowest BCUT2D eigenvalue weighted by Crippen LogP contribution is -2.15. The van der Waals surface area contributed by atoms with Crippen LogP contribution in [0.2, 0.25) is 0 Å². The summed E-state index contributed by atoms with van der Waals surface area (Å²) in [6.07, 6.45) is 0. The molecular formula is C12H14N2O5S. The second-order valence-corrected chi connectivity index (χ2v) is 5.10. The Morgan fingerprint density at radius 3 is 2.65 bits per heavy atom. The van der Waals surface area contributed by atoms with Gasteiger partial charge in [-0.25, -0.2) is 0 Å². The molecule has 1 aromatic rings. The molecule has 0 aromatic heterocycles. The topological polar surface area (TPSA) is 113 Å². The van der Waals surface area contributed by atoms with Gasteiger partial charge < -0.3 is 10.5 Å². The summed E-state index contributed by atoms with van der Waals surface area (Å²) < 4.78 is 4.58. The summed E-state index contributed by atoms with van der Waals surface area (Å²) in [5.74, 6) is -1.16. The highest BCUT2D eigenvalue weighted by Gasteiger charge is 2.19. The summed E-state index contributed by atoms with van der Waals surface area (Å²) >= 11 is 1.15. The van der Waals surface area contributed by atoms with Crippen molar-refractivity contribution in [1.29, 1.82) is 0 Å². The Morgan fingerprint density at radius 2 is 2.15 bits per heavy atom. The number of methoxy groups -OCH3 is 1. The molecule has 0 spiro atoms. The van der Waals surface area contributed by atoms with Crippen LogP contribution in [0, 0.1) is 16.0 Å². The fraction of sp³-hybridized carbons (Fsp3) is 0.333. The molecule has 1 atom stereocenters. The predicted molar refractivity (Wildman–Crippen MR) is 73.5 cm³/mol. The van der Waals surface area contributed by atoms with Crippen molar-refractivity contribution < 1.29 is 19.2 Å². The molecule has 108 valence electrons. The van der Waals surface area contributed by atoms with Crippen molar-refractivity contribution in [3.63, 3.8) is 0 Å². The molecule has 8 heteroatoms. The van der Waals surface area contributed by atoms with E-state index in [9.17, 15) is 19.7 Å². The van der Waals surface area contributed by atoms with E-state index in [1.54, 1.807) is 6.92 Å². The van der Waals surface area contributed by atoms with Crippen LogP contribution in [-0.4, -0.2) is 29.7 Å². The van der Waals surface area contributed by atoms with E-state index in [0.717, 1.165) is 17.8 Å². The molecular weight excluding hydrogens is 284 g/mol. The zero-order chi connectivity index (χ0) is 15.3.